The summed E-state index contributed by atoms with van der Waals surface area (Å²) in [6.45, 7) is 0.867. The maximum atomic E-state index is 13.3. The van der Waals surface area contributed by atoms with E-state index < -0.39 is 11.7 Å². The second kappa shape index (κ2) is 6.12. The lowest BCUT2D eigenvalue weighted by atomic mass is 9.98. The van der Waals surface area contributed by atoms with Crippen LogP contribution in [0.15, 0.2) is 36.5 Å². The van der Waals surface area contributed by atoms with Crippen molar-refractivity contribution in [3.63, 3.8) is 0 Å². The van der Waals surface area contributed by atoms with Gasteiger partial charge in [-0.1, -0.05) is 24.6 Å². The first kappa shape index (κ1) is 15.1. The third kappa shape index (κ3) is 3.16. The van der Waals surface area contributed by atoms with Crippen LogP contribution in [-0.2, 0) is 12.6 Å². The lowest BCUT2D eigenvalue weighted by Gasteiger charge is -2.24. The van der Waals surface area contributed by atoms with Crippen molar-refractivity contribution in [2.75, 3.05) is 6.54 Å². The predicted octanol–water partition coefficient (Wildman–Crippen LogP) is 3.58. The average molecular weight is 309 g/mol. The first-order valence-electron chi connectivity index (χ1n) is 7.48. The number of rotatable bonds is 3. The Bertz CT molecular complexity index is 613. The van der Waals surface area contributed by atoms with Crippen LogP contribution in [0.2, 0.25) is 0 Å². The van der Waals surface area contributed by atoms with Crippen LogP contribution in [0.1, 0.15) is 30.5 Å². The van der Waals surface area contributed by atoms with Gasteiger partial charge in [0.25, 0.3) is 0 Å². The molecule has 3 nitrogen and oxygen atoms in total. The molecule has 3 rings (SSSR count). The standard InChI is InChI=1S/C16H18F3N3/c17-16(18,19)14-11-21-22(13-7-2-1-3-8-13)15(14)10-12-6-4-5-9-20-12/h1-3,7-8,11-12,20H,4-6,9-10H2. The summed E-state index contributed by atoms with van der Waals surface area (Å²) in [4.78, 5) is 0. The molecule has 22 heavy (non-hydrogen) atoms. The van der Waals surface area contributed by atoms with Crippen LogP contribution in [0.25, 0.3) is 5.69 Å². The SMILES string of the molecule is FC(F)(F)c1cnn(-c2ccccc2)c1CC1CCCCN1. The van der Waals surface area contributed by atoms with Crippen molar-refractivity contribution in [1.29, 1.82) is 0 Å². The molecule has 1 atom stereocenters. The van der Waals surface area contributed by atoms with Crippen LogP contribution in [-0.4, -0.2) is 22.4 Å². The van der Waals surface area contributed by atoms with Crippen molar-refractivity contribution in [1.82, 2.24) is 15.1 Å². The topological polar surface area (TPSA) is 29.9 Å². The Labute approximate surface area is 127 Å². The summed E-state index contributed by atoms with van der Waals surface area (Å²) in [6, 6.07) is 9.05. The maximum absolute atomic E-state index is 13.3. The van der Waals surface area contributed by atoms with E-state index in [1.54, 1.807) is 24.3 Å². The number of nitrogens with one attached hydrogen (secondary N) is 1. The summed E-state index contributed by atoms with van der Waals surface area (Å²) in [7, 11) is 0. The molecule has 0 saturated carbocycles. The van der Waals surface area contributed by atoms with E-state index in [1.165, 1.54) is 4.68 Å². The molecule has 6 heteroatoms. The number of aromatic nitrogens is 2. The molecule has 0 amide bonds. The van der Waals surface area contributed by atoms with Crippen LogP contribution < -0.4 is 5.32 Å². The fourth-order valence-corrected chi connectivity index (χ4v) is 2.93. The quantitative estimate of drug-likeness (QED) is 0.939. The molecule has 1 aliphatic heterocycles. The Kier molecular flexibility index (Phi) is 4.20. The number of para-hydroxylation sites is 1. The van der Waals surface area contributed by atoms with Gasteiger partial charge in [0.05, 0.1) is 23.1 Å². The van der Waals surface area contributed by atoms with E-state index in [4.69, 9.17) is 0 Å². The summed E-state index contributed by atoms with van der Waals surface area (Å²) in [5, 5.41) is 7.29. The third-order valence-corrected chi connectivity index (χ3v) is 4.03. The monoisotopic (exact) mass is 309 g/mol. The highest BCUT2D eigenvalue weighted by atomic mass is 19.4. The van der Waals surface area contributed by atoms with Gasteiger partial charge in [-0.25, -0.2) is 4.68 Å². The summed E-state index contributed by atoms with van der Waals surface area (Å²) in [5.41, 5.74) is 0.255. The molecular weight excluding hydrogens is 291 g/mol. The number of hydrogen-bond donors (Lipinski definition) is 1. The lowest BCUT2D eigenvalue weighted by Crippen LogP contribution is -2.36. The van der Waals surface area contributed by atoms with E-state index in [0.29, 0.717) is 12.1 Å². The van der Waals surface area contributed by atoms with E-state index in [0.717, 1.165) is 32.0 Å². The van der Waals surface area contributed by atoms with Crippen molar-refractivity contribution in [3.8, 4) is 5.69 Å². The molecule has 2 heterocycles. The molecule has 1 saturated heterocycles. The number of halogens is 3. The highest BCUT2D eigenvalue weighted by Crippen LogP contribution is 2.33. The van der Waals surface area contributed by atoms with Gasteiger partial charge in [0.1, 0.15) is 0 Å². The van der Waals surface area contributed by atoms with E-state index in [1.807, 2.05) is 6.07 Å². The molecule has 1 aromatic carbocycles. The molecule has 118 valence electrons. The Balaban J connectivity index is 1.98. The van der Waals surface area contributed by atoms with E-state index in [9.17, 15) is 13.2 Å². The Hall–Kier alpha value is -1.82. The molecule has 2 aromatic rings. The Morgan fingerprint density at radius 1 is 1.18 bits per heavy atom. The fraction of sp³-hybridized carbons (Fsp3) is 0.438. The molecule has 1 fully saturated rings. The third-order valence-electron chi connectivity index (χ3n) is 4.03. The second-order valence-corrected chi connectivity index (χ2v) is 5.60. The number of piperidine rings is 1. The van der Waals surface area contributed by atoms with Crippen molar-refractivity contribution in [2.24, 2.45) is 0 Å². The van der Waals surface area contributed by atoms with Gasteiger partial charge in [-0.05, 0) is 31.5 Å². The van der Waals surface area contributed by atoms with Crippen molar-refractivity contribution in [2.45, 2.75) is 37.9 Å². The zero-order chi connectivity index (χ0) is 15.6. The lowest BCUT2D eigenvalue weighted by molar-refractivity contribution is -0.138. The van der Waals surface area contributed by atoms with Gasteiger partial charge in [-0.15, -0.1) is 0 Å². The molecule has 1 unspecified atom stereocenters. The maximum Gasteiger partial charge on any atom is 0.419 e. The van der Waals surface area contributed by atoms with Crippen LogP contribution in [0.3, 0.4) is 0 Å². The van der Waals surface area contributed by atoms with E-state index in [-0.39, 0.29) is 11.7 Å². The minimum absolute atomic E-state index is 0.0778. The zero-order valence-electron chi connectivity index (χ0n) is 12.1. The van der Waals surface area contributed by atoms with Crippen LogP contribution >= 0.6 is 0 Å². The molecule has 0 radical (unpaired) electrons. The van der Waals surface area contributed by atoms with Crippen LogP contribution in [0.4, 0.5) is 13.2 Å². The van der Waals surface area contributed by atoms with Crippen molar-refractivity contribution in [3.05, 3.63) is 47.8 Å². The van der Waals surface area contributed by atoms with Crippen LogP contribution in [0, 0.1) is 0 Å². The van der Waals surface area contributed by atoms with Crippen molar-refractivity contribution >= 4 is 0 Å². The van der Waals surface area contributed by atoms with Gasteiger partial charge >= 0.3 is 6.18 Å². The smallest absolute Gasteiger partial charge is 0.314 e. The summed E-state index contributed by atoms with van der Waals surface area (Å²) in [5.74, 6) is 0. The van der Waals surface area contributed by atoms with Gasteiger partial charge in [0, 0.05) is 12.5 Å². The molecule has 0 bridgehead atoms. The first-order chi connectivity index (χ1) is 10.6. The minimum Gasteiger partial charge on any atom is -0.314 e. The molecular formula is C16H18F3N3. The van der Waals surface area contributed by atoms with Gasteiger partial charge < -0.3 is 5.32 Å². The summed E-state index contributed by atoms with van der Waals surface area (Å²) >= 11 is 0. The molecule has 0 aliphatic carbocycles. The van der Waals surface area contributed by atoms with Gasteiger partial charge in [0.15, 0.2) is 0 Å². The predicted molar refractivity (Wildman–Crippen MR) is 77.9 cm³/mol. The average Bonchev–Trinajstić information content (AvgIpc) is 2.93. The van der Waals surface area contributed by atoms with Gasteiger partial charge in [-0.2, -0.15) is 18.3 Å². The number of nitrogens with zero attached hydrogens (tertiary/aromatic N) is 2. The minimum atomic E-state index is -4.38. The fourth-order valence-electron chi connectivity index (χ4n) is 2.93. The first-order valence-corrected chi connectivity index (χ1v) is 7.48. The number of benzene rings is 1. The van der Waals surface area contributed by atoms with Gasteiger partial charge in [0.2, 0.25) is 0 Å². The normalized spacial score (nSPS) is 19.3. The van der Waals surface area contributed by atoms with Crippen LogP contribution in [0.5, 0.6) is 0 Å². The molecule has 1 aliphatic rings. The molecule has 1 aromatic heterocycles. The molecule has 0 spiro atoms. The molecule has 1 N–H and O–H groups in total. The Morgan fingerprint density at radius 3 is 2.59 bits per heavy atom. The number of hydrogen-bond acceptors (Lipinski definition) is 2. The Morgan fingerprint density at radius 2 is 1.95 bits per heavy atom. The van der Waals surface area contributed by atoms with Gasteiger partial charge in [-0.3, -0.25) is 0 Å². The highest BCUT2D eigenvalue weighted by Gasteiger charge is 2.37. The number of alkyl halides is 3. The summed E-state index contributed by atoms with van der Waals surface area (Å²) < 4.78 is 41.2. The highest BCUT2D eigenvalue weighted by molar-refractivity contribution is 5.36. The zero-order valence-corrected chi connectivity index (χ0v) is 12.1. The second-order valence-electron chi connectivity index (χ2n) is 5.60. The summed E-state index contributed by atoms with van der Waals surface area (Å²) in [6.07, 6.45) is -0.0672. The van der Waals surface area contributed by atoms with Crippen molar-refractivity contribution < 1.29 is 13.2 Å². The largest absolute Gasteiger partial charge is 0.419 e. The van der Waals surface area contributed by atoms with E-state index >= 15 is 0 Å². The van der Waals surface area contributed by atoms with E-state index in [2.05, 4.69) is 10.4 Å².